The summed E-state index contributed by atoms with van der Waals surface area (Å²) in [4.78, 5) is 26.8. The average molecular weight is 460 g/mol. The third kappa shape index (κ3) is 3.38. The van der Waals surface area contributed by atoms with E-state index in [0.29, 0.717) is 35.0 Å². The van der Waals surface area contributed by atoms with E-state index in [-0.39, 0.29) is 18.8 Å². The highest BCUT2D eigenvalue weighted by atomic mass is 16.5. The number of hydrogen-bond acceptors (Lipinski definition) is 8. The largest absolute Gasteiger partial charge is 0.379 e. The molecule has 3 aromatic heterocycles. The Bertz CT molecular complexity index is 1450. The van der Waals surface area contributed by atoms with Crippen molar-refractivity contribution in [1.29, 1.82) is 0 Å². The summed E-state index contributed by atoms with van der Waals surface area (Å²) in [6.45, 7) is 4.54. The molecule has 0 atom stereocenters. The van der Waals surface area contributed by atoms with Crippen LogP contribution in [0, 0.1) is 0 Å². The number of aromatic nitrogens is 5. The fourth-order valence-corrected chi connectivity index (χ4v) is 4.54. The first-order valence-corrected chi connectivity index (χ1v) is 11.4. The zero-order chi connectivity index (χ0) is 23.3. The quantitative estimate of drug-likeness (QED) is 0.412. The van der Waals surface area contributed by atoms with E-state index in [9.17, 15) is 9.90 Å². The van der Waals surface area contributed by atoms with E-state index in [0.717, 1.165) is 25.2 Å². The van der Waals surface area contributed by atoms with E-state index >= 15 is 0 Å². The fraction of sp³-hybridized carbons (Fsp3) is 0.333. The summed E-state index contributed by atoms with van der Waals surface area (Å²) in [5.74, 6) is 0.886. The predicted octanol–water partition coefficient (Wildman–Crippen LogP) is 1.60. The molecule has 3 N–H and O–H groups in total. The molecule has 1 aromatic carbocycles. The van der Waals surface area contributed by atoms with E-state index in [2.05, 4.69) is 32.7 Å². The molecule has 0 bridgehead atoms. The van der Waals surface area contributed by atoms with Crippen LogP contribution in [0.3, 0.4) is 0 Å². The number of rotatable bonds is 5. The number of fused-ring (bicyclic) bond motifs is 2. The topological polar surface area (TPSA) is 119 Å². The van der Waals surface area contributed by atoms with Gasteiger partial charge < -0.3 is 20.5 Å². The molecule has 6 rings (SSSR count). The van der Waals surface area contributed by atoms with Gasteiger partial charge in [-0.05, 0) is 55.3 Å². The SMILES string of the molecule is CCn1c(=O)c2cnc(Nc3ccc4c(c3)CNCC4)nc2n1-c1cccc(C2(O)COC2)n1. The number of nitrogens with zero attached hydrogens (tertiary/aromatic N) is 5. The number of ether oxygens (including phenoxy) is 1. The molecular formula is C24H25N7O3. The Labute approximate surface area is 195 Å². The first kappa shape index (κ1) is 21.0. The smallest absolute Gasteiger partial charge is 0.278 e. The van der Waals surface area contributed by atoms with Crippen molar-refractivity contribution in [2.24, 2.45) is 0 Å². The minimum Gasteiger partial charge on any atom is -0.379 e. The second-order valence-electron chi connectivity index (χ2n) is 8.70. The van der Waals surface area contributed by atoms with Crippen molar-refractivity contribution in [1.82, 2.24) is 29.6 Å². The van der Waals surface area contributed by atoms with Crippen LogP contribution in [0.15, 0.2) is 47.4 Å². The second-order valence-corrected chi connectivity index (χ2v) is 8.70. The van der Waals surface area contributed by atoms with Crippen LogP contribution in [0.5, 0.6) is 0 Å². The monoisotopic (exact) mass is 459 g/mol. The molecule has 0 spiro atoms. The molecule has 0 amide bonds. The maximum absolute atomic E-state index is 13.1. The van der Waals surface area contributed by atoms with Crippen LogP contribution in [0.25, 0.3) is 16.9 Å². The van der Waals surface area contributed by atoms with E-state index in [1.54, 1.807) is 27.7 Å². The highest BCUT2D eigenvalue weighted by Gasteiger charge is 2.39. The predicted molar refractivity (Wildman–Crippen MR) is 126 cm³/mol. The number of pyridine rings is 1. The molecule has 0 unspecified atom stereocenters. The van der Waals surface area contributed by atoms with E-state index in [1.807, 2.05) is 19.1 Å². The van der Waals surface area contributed by atoms with Crippen LogP contribution >= 0.6 is 0 Å². The molecule has 1 fully saturated rings. The van der Waals surface area contributed by atoms with Crippen molar-refractivity contribution in [3.8, 4) is 5.82 Å². The Balaban J connectivity index is 1.43. The number of benzene rings is 1. The highest BCUT2D eigenvalue weighted by Crippen LogP contribution is 2.29. The molecule has 10 nitrogen and oxygen atoms in total. The van der Waals surface area contributed by atoms with Gasteiger partial charge in [0, 0.05) is 25.0 Å². The van der Waals surface area contributed by atoms with Crippen LogP contribution in [0.4, 0.5) is 11.6 Å². The van der Waals surface area contributed by atoms with E-state index in [1.165, 1.54) is 11.1 Å². The van der Waals surface area contributed by atoms with Gasteiger partial charge in [0.1, 0.15) is 5.39 Å². The van der Waals surface area contributed by atoms with Gasteiger partial charge in [-0.25, -0.2) is 19.3 Å². The van der Waals surface area contributed by atoms with Crippen LogP contribution in [-0.2, 0) is 29.8 Å². The molecule has 5 heterocycles. The van der Waals surface area contributed by atoms with Crippen molar-refractivity contribution >= 4 is 22.7 Å². The van der Waals surface area contributed by atoms with Gasteiger partial charge in [0.25, 0.3) is 5.56 Å². The Morgan fingerprint density at radius 1 is 1.21 bits per heavy atom. The molecular weight excluding hydrogens is 434 g/mol. The molecule has 0 radical (unpaired) electrons. The van der Waals surface area contributed by atoms with Crippen LogP contribution in [0.1, 0.15) is 23.7 Å². The Morgan fingerprint density at radius 2 is 2.09 bits per heavy atom. The molecule has 174 valence electrons. The first-order valence-electron chi connectivity index (χ1n) is 11.4. The van der Waals surface area contributed by atoms with Crippen molar-refractivity contribution in [2.75, 3.05) is 25.1 Å². The number of aliphatic hydroxyl groups is 1. The van der Waals surface area contributed by atoms with E-state index in [4.69, 9.17) is 9.72 Å². The first-order chi connectivity index (χ1) is 16.6. The highest BCUT2D eigenvalue weighted by molar-refractivity contribution is 5.77. The summed E-state index contributed by atoms with van der Waals surface area (Å²) in [7, 11) is 0. The van der Waals surface area contributed by atoms with Gasteiger partial charge >= 0.3 is 0 Å². The van der Waals surface area contributed by atoms with Crippen molar-refractivity contribution in [3.05, 3.63) is 69.8 Å². The summed E-state index contributed by atoms with van der Waals surface area (Å²) < 4.78 is 8.44. The van der Waals surface area contributed by atoms with Gasteiger partial charge in [-0.2, -0.15) is 4.98 Å². The average Bonchev–Trinajstić information content (AvgIpc) is 3.13. The molecule has 34 heavy (non-hydrogen) atoms. The van der Waals surface area contributed by atoms with Gasteiger partial charge in [0.2, 0.25) is 5.95 Å². The molecule has 2 aliphatic rings. The zero-order valence-electron chi connectivity index (χ0n) is 18.8. The Morgan fingerprint density at radius 3 is 2.88 bits per heavy atom. The fourth-order valence-electron chi connectivity index (χ4n) is 4.54. The van der Waals surface area contributed by atoms with E-state index < -0.39 is 5.60 Å². The number of hydrogen-bond donors (Lipinski definition) is 3. The van der Waals surface area contributed by atoms with Crippen LogP contribution < -0.4 is 16.2 Å². The van der Waals surface area contributed by atoms with Crippen molar-refractivity contribution in [2.45, 2.75) is 32.0 Å². The maximum Gasteiger partial charge on any atom is 0.278 e. The maximum atomic E-state index is 13.1. The lowest BCUT2D eigenvalue weighted by Crippen LogP contribution is -2.47. The van der Waals surface area contributed by atoms with Gasteiger partial charge in [-0.3, -0.25) is 4.79 Å². The van der Waals surface area contributed by atoms with Gasteiger partial charge in [0.15, 0.2) is 17.1 Å². The van der Waals surface area contributed by atoms with Crippen LogP contribution in [-0.4, -0.2) is 49.2 Å². The van der Waals surface area contributed by atoms with Gasteiger partial charge in [-0.15, -0.1) is 0 Å². The number of anilines is 2. The summed E-state index contributed by atoms with van der Waals surface area (Å²) in [5.41, 5.74) is 3.14. The molecule has 0 aliphatic carbocycles. The standard InChI is InChI=1S/C24H25N7O3/c1-2-30-22(32)18-12-26-23(27-17-7-6-15-8-9-25-11-16(15)10-17)29-21(18)31(30)20-5-3-4-19(28-20)24(33)13-34-14-24/h3-7,10,12,25,33H,2,8-9,11,13-14H2,1H3,(H,26,27,29). The number of nitrogens with one attached hydrogen (secondary N) is 2. The summed E-state index contributed by atoms with van der Waals surface area (Å²) in [5, 5.41) is 17.7. The van der Waals surface area contributed by atoms with Crippen LogP contribution in [0.2, 0.25) is 0 Å². The molecule has 1 saturated heterocycles. The Kier molecular flexibility index (Phi) is 4.94. The summed E-state index contributed by atoms with van der Waals surface area (Å²) in [6, 6.07) is 11.6. The lowest BCUT2D eigenvalue weighted by Gasteiger charge is -2.35. The summed E-state index contributed by atoms with van der Waals surface area (Å²) in [6.07, 6.45) is 2.56. The molecule has 0 saturated carbocycles. The zero-order valence-corrected chi connectivity index (χ0v) is 18.8. The third-order valence-corrected chi connectivity index (χ3v) is 6.43. The lowest BCUT2D eigenvalue weighted by molar-refractivity contribution is -0.186. The van der Waals surface area contributed by atoms with Crippen molar-refractivity contribution < 1.29 is 9.84 Å². The second kappa shape index (κ2) is 8.01. The normalized spacial score (nSPS) is 16.8. The molecule has 4 aromatic rings. The van der Waals surface area contributed by atoms with Gasteiger partial charge in [-0.1, -0.05) is 12.1 Å². The molecule has 10 heteroatoms. The third-order valence-electron chi connectivity index (χ3n) is 6.43. The summed E-state index contributed by atoms with van der Waals surface area (Å²) >= 11 is 0. The molecule has 2 aliphatic heterocycles. The minimum absolute atomic E-state index is 0.193. The van der Waals surface area contributed by atoms with Gasteiger partial charge in [0.05, 0.1) is 18.9 Å². The van der Waals surface area contributed by atoms with Crippen molar-refractivity contribution in [3.63, 3.8) is 0 Å². The minimum atomic E-state index is -1.11. The Hall–Kier alpha value is -3.60. The lowest BCUT2D eigenvalue weighted by atomic mass is 9.97.